The van der Waals surface area contributed by atoms with Crippen LogP contribution in [0.5, 0.6) is 0 Å². The molecule has 0 bridgehead atoms. The topological polar surface area (TPSA) is 29.3 Å². The summed E-state index contributed by atoms with van der Waals surface area (Å²) in [5, 5.41) is 0. The van der Waals surface area contributed by atoms with Crippen molar-refractivity contribution in [1.29, 1.82) is 0 Å². The second kappa shape index (κ2) is 22.0. The molecule has 0 saturated heterocycles. The highest BCUT2D eigenvalue weighted by atomic mass is 15.2. The Bertz CT molecular complexity index is 2980. The van der Waals surface area contributed by atoms with E-state index >= 15 is 0 Å². The molecule has 0 aromatic heterocycles. The molecule has 1 aliphatic heterocycles. The number of benzene rings is 8. The van der Waals surface area contributed by atoms with Crippen molar-refractivity contribution in [3.05, 3.63) is 269 Å². The molecule has 1 spiro atoms. The summed E-state index contributed by atoms with van der Waals surface area (Å²) < 4.78 is 0. The standard InChI is InChI=1S/C56H47N.C7H8.C2H6.CH5N/c1-3-39(2)47(43-32-30-42(31-33-43)41-18-6-4-7-19-41)35-29-40-17-16-20-44(37-40)45-34-36-51-49(38-45)48-23-10-11-24-50(48)56(51)52-25-12-14-27-54(52)57(46-21-8-5-9-22-46)55-28-15-13-26-53(55)56;1-7-5-3-2-4-6-7;2*1-2/h4-8,10-21,23-28,30-39H,3,9,22,29H2,1-2H3;2-6H,1H3;1-2H3;2H2,1H3/b47-35+;;;/t39-;;;/m1.../s1. The Labute approximate surface area is 406 Å². The molecule has 11 rings (SSSR count). The second-order valence-electron chi connectivity index (χ2n) is 17.5. The van der Waals surface area contributed by atoms with Crippen molar-refractivity contribution in [1.82, 2.24) is 0 Å². The van der Waals surface area contributed by atoms with Gasteiger partial charge in [-0.25, -0.2) is 0 Å². The molecular weight excluding hydrogens is 821 g/mol. The fraction of sp³-hybridized carbons (Fsp3) is 0.182. The Hall–Kier alpha value is -7.26. The fourth-order valence-electron chi connectivity index (χ4n) is 10.3. The Kier molecular flexibility index (Phi) is 15.3. The van der Waals surface area contributed by atoms with Crippen molar-refractivity contribution >= 4 is 16.9 Å². The molecule has 2 nitrogen and oxygen atoms in total. The van der Waals surface area contributed by atoms with Gasteiger partial charge in [-0.05, 0) is 142 Å². The van der Waals surface area contributed by atoms with Gasteiger partial charge < -0.3 is 10.6 Å². The van der Waals surface area contributed by atoms with Crippen LogP contribution < -0.4 is 10.6 Å². The van der Waals surface area contributed by atoms with Gasteiger partial charge in [0, 0.05) is 5.70 Å². The van der Waals surface area contributed by atoms with Gasteiger partial charge in [0.05, 0.1) is 16.8 Å². The van der Waals surface area contributed by atoms with Crippen LogP contribution in [0.1, 0.15) is 85.9 Å². The molecule has 0 saturated carbocycles. The molecule has 68 heavy (non-hydrogen) atoms. The zero-order valence-corrected chi connectivity index (χ0v) is 40.8. The predicted octanol–water partition coefficient (Wildman–Crippen LogP) is 17.3. The lowest BCUT2D eigenvalue weighted by atomic mass is 9.64. The van der Waals surface area contributed by atoms with Gasteiger partial charge in [0.15, 0.2) is 0 Å². The van der Waals surface area contributed by atoms with Crippen LogP contribution in [0.4, 0.5) is 11.4 Å². The molecule has 0 unspecified atom stereocenters. The molecule has 2 heteroatoms. The number of para-hydroxylation sites is 2. The van der Waals surface area contributed by atoms with Gasteiger partial charge in [-0.15, -0.1) is 0 Å². The van der Waals surface area contributed by atoms with Gasteiger partial charge in [-0.2, -0.15) is 0 Å². The highest BCUT2D eigenvalue weighted by molar-refractivity contribution is 5.95. The van der Waals surface area contributed by atoms with Crippen molar-refractivity contribution in [2.24, 2.45) is 11.7 Å². The minimum Gasteiger partial charge on any atom is -0.333 e. The third-order valence-corrected chi connectivity index (χ3v) is 13.6. The minimum atomic E-state index is -0.419. The normalized spacial score (nSPS) is 14.0. The molecule has 1 atom stereocenters. The van der Waals surface area contributed by atoms with Crippen molar-refractivity contribution in [3.63, 3.8) is 0 Å². The van der Waals surface area contributed by atoms with E-state index < -0.39 is 5.41 Å². The minimum absolute atomic E-state index is 0.419. The number of fused-ring (bicyclic) bond motifs is 9. The largest absolute Gasteiger partial charge is 0.333 e. The number of nitrogens with two attached hydrogens (primary N) is 1. The lowest BCUT2D eigenvalue weighted by molar-refractivity contribution is 0.716. The monoisotopic (exact) mass is 887 g/mol. The summed E-state index contributed by atoms with van der Waals surface area (Å²) in [4.78, 5) is 2.53. The van der Waals surface area contributed by atoms with Gasteiger partial charge in [-0.1, -0.05) is 233 Å². The number of hydrogen-bond acceptors (Lipinski definition) is 2. The lowest BCUT2D eigenvalue weighted by Gasteiger charge is -2.45. The average Bonchev–Trinajstić information content (AvgIpc) is 3.71. The van der Waals surface area contributed by atoms with Crippen LogP contribution in [0.25, 0.3) is 39.0 Å². The van der Waals surface area contributed by atoms with E-state index in [2.05, 4.69) is 238 Å². The summed E-state index contributed by atoms with van der Waals surface area (Å²) in [5.74, 6) is 0.471. The zero-order valence-electron chi connectivity index (χ0n) is 40.8. The third-order valence-electron chi connectivity index (χ3n) is 13.6. The summed E-state index contributed by atoms with van der Waals surface area (Å²) in [5.41, 5.74) is 26.4. The average molecular weight is 887 g/mol. The Morgan fingerprint density at radius 2 is 1.12 bits per heavy atom. The highest BCUT2D eigenvalue weighted by Gasteiger charge is 2.51. The van der Waals surface area contributed by atoms with E-state index in [1.807, 2.05) is 32.0 Å². The molecule has 0 fully saturated rings. The van der Waals surface area contributed by atoms with Crippen LogP contribution in [0.2, 0.25) is 0 Å². The summed E-state index contributed by atoms with van der Waals surface area (Å²) in [6.45, 7) is 10.7. The van der Waals surface area contributed by atoms with Gasteiger partial charge >= 0.3 is 0 Å². The number of anilines is 2. The number of aryl methyl sites for hydroxylation is 1. The van der Waals surface area contributed by atoms with Crippen LogP contribution in [0.15, 0.2) is 230 Å². The van der Waals surface area contributed by atoms with Gasteiger partial charge in [-0.3, -0.25) is 0 Å². The number of rotatable bonds is 8. The first-order chi connectivity index (χ1) is 33.5. The maximum Gasteiger partial charge on any atom is 0.0754 e. The van der Waals surface area contributed by atoms with Crippen LogP contribution in [-0.2, 0) is 11.8 Å². The molecule has 8 aromatic rings. The molecule has 0 radical (unpaired) electrons. The Morgan fingerprint density at radius 1 is 0.574 bits per heavy atom. The first-order valence-corrected chi connectivity index (χ1v) is 24.7. The molecule has 0 amide bonds. The smallest absolute Gasteiger partial charge is 0.0754 e. The van der Waals surface area contributed by atoms with Crippen LogP contribution >= 0.6 is 0 Å². The quantitative estimate of drug-likeness (QED) is 0.165. The summed E-state index contributed by atoms with van der Waals surface area (Å²) >= 11 is 0. The van der Waals surface area contributed by atoms with Gasteiger partial charge in [0.2, 0.25) is 0 Å². The Morgan fingerprint density at radius 3 is 1.74 bits per heavy atom. The molecular formula is C66H66N2. The first kappa shape index (κ1) is 47.2. The van der Waals surface area contributed by atoms with E-state index in [0.29, 0.717) is 5.92 Å². The molecule has 1 heterocycles. The lowest BCUT2D eigenvalue weighted by Crippen LogP contribution is -2.37. The number of hydrogen-bond donors (Lipinski definition) is 1. The van der Waals surface area contributed by atoms with Crippen molar-refractivity contribution < 1.29 is 0 Å². The van der Waals surface area contributed by atoms with E-state index in [0.717, 1.165) is 25.7 Å². The zero-order chi connectivity index (χ0) is 47.5. The van der Waals surface area contributed by atoms with Crippen molar-refractivity contribution in [3.8, 4) is 33.4 Å². The molecule has 8 aromatic carbocycles. The fourth-order valence-corrected chi connectivity index (χ4v) is 10.3. The van der Waals surface area contributed by atoms with Crippen LogP contribution in [0.3, 0.4) is 0 Å². The predicted molar refractivity (Wildman–Crippen MR) is 293 cm³/mol. The maximum absolute atomic E-state index is 4.50. The summed E-state index contributed by atoms with van der Waals surface area (Å²) in [7, 11) is 1.50. The molecule has 3 aliphatic rings. The molecule has 340 valence electrons. The van der Waals surface area contributed by atoms with Crippen LogP contribution in [-0.4, -0.2) is 7.05 Å². The van der Waals surface area contributed by atoms with Crippen molar-refractivity contribution in [2.75, 3.05) is 11.9 Å². The van der Waals surface area contributed by atoms with E-state index in [1.165, 1.54) is 102 Å². The summed E-state index contributed by atoms with van der Waals surface area (Å²) in [6, 6.07) is 73.9. The van der Waals surface area contributed by atoms with E-state index in [1.54, 1.807) is 0 Å². The van der Waals surface area contributed by atoms with Crippen LogP contribution in [0, 0.1) is 12.8 Å². The molecule has 2 N–H and O–H groups in total. The number of allylic oxidation sites excluding steroid dienone is 6. The first-order valence-electron chi connectivity index (χ1n) is 24.7. The SMILES string of the molecule is CC.CC[C@@H](C)/C(=C\Cc1cccc(-c2ccc3c(c2)-c2ccccc2C32c3ccccc3N(C3=CC=CCC3)c3ccccc32)c1)c1ccc(-c2ccccc2)cc1.CN.Cc1ccccc1. The third kappa shape index (κ3) is 9.22. The van der Waals surface area contributed by atoms with E-state index in [9.17, 15) is 0 Å². The Balaban J connectivity index is 0.000000512. The van der Waals surface area contributed by atoms with Gasteiger partial charge in [0.1, 0.15) is 0 Å². The van der Waals surface area contributed by atoms with E-state index in [-0.39, 0.29) is 0 Å². The maximum atomic E-state index is 4.50. The number of nitrogens with zero attached hydrogens (tertiary/aromatic N) is 1. The van der Waals surface area contributed by atoms with Crippen molar-refractivity contribution in [2.45, 2.75) is 65.7 Å². The van der Waals surface area contributed by atoms with Gasteiger partial charge in [0.25, 0.3) is 0 Å². The molecule has 2 aliphatic carbocycles. The second-order valence-corrected chi connectivity index (χ2v) is 17.5. The highest BCUT2D eigenvalue weighted by Crippen LogP contribution is 2.63. The summed E-state index contributed by atoms with van der Waals surface area (Å²) in [6.07, 6.45) is 13.3. The van der Waals surface area contributed by atoms with E-state index in [4.69, 9.17) is 0 Å².